The Bertz CT molecular complexity index is 599. The maximum absolute atomic E-state index is 5.64. The normalized spacial score (nSPS) is 19.4. The van der Waals surface area contributed by atoms with Crippen LogP contribution in [0.25, 0.3) is 10.9 Å². The van der Waals surface area contributed by atoms with E-state index in [1.54, 1.807) is 0 Å². The first-order valence-electron chi connectivity index (χ1n) is 7.67. The maximum atomic E-state index is 5.64. The highest BCUT2D eigenvalue weighted by atomic mass is 16.5. The third kappa shape index (κ3) is 3.34. The number of rotatable bonds is 4. The number of para-hydroxylation sites is 1. The van der Waals surface area contributed by atoms with Gasteiger partial charge >= 0.3 is 0 Å². The average molecular weight is 285 g/mol. The van der Waals surface area contributed by atoms with Crippen molar-refractivity contribution >= 4 is 16.7 Å². The first-order chi connectivity index (χ1) is 10.2. The Hall–Kier alpha value is -1.65. The molecule has 1 N–H and O–H groups in total. The van der Waals surface area contributed by atoms with E-state index in [0.29, 0.717) is 12.1 Å². The second-order valence-corrected chi connectivity index (χ2v) is 5.85. The van der Waals surface area contributed by atoms with Crippen LogP contribution in [-0.2, 0) is 4.74 Å². The quantitative estimate of drug-likeness (QED) is 0.936. The molecule has 1 aromatic heterocycles. The smallest absolute Gasteiger partial charge is 0.129 e. The number of aromatic nitrogens is 1. The summed E-state index contributed by atoms with van der Waals surface area (Å²) in [5.74, 6) is 1.05. The van der Waals surface area contributed by atoms with E-state index >= 15 is 0 Å². The van der Waals surface area contributed by atoms with Gasteiger partial charge in [0.25, 0.3) is 0 Å². The lowest BCUT2D eigenvalue weighted by Gasteiger charge is -2.37. The molecule has 0 spiro atoms. The summed E-state index contributed by atoms with van der Waals surface area (Å²) < 4.78 is 5.64. The van der Waals surface area contributed by atoms with E-state index in [1.165, 1.54) is 5.39 Å². The lowest BCUT2D eigenvalue weighted by atomic mass is 10.2. The third-order valence-corrected chi connectivity index (χ3v) is 3.87. The number of nitrogens with zero attached hydrogens (tertiary/aromatic N) is 2. The van der Waals surface area contributed by atoms with Crippen molar-refractivity contribution in [2.24, 2.45) is 0 Å². The van der Waals surface area contributed by atoms with Crippen LogP contribution in [0.5, 0.6) is 0 Å². The fourth-order valence-corrected chi connectivity index (χ4v) is 2.71. The molecule has 0 bridgehead atoms. The summed E-state index contributed by atoms with van der Waals surface area (Å²) >= 11 is 0. The number of ether oxygens (including phenoxy) is 1. The average Bonchev–Trinajstić information content (AvgIpc) is 2.52. The molecular formula is C17H23N3O. The zero-order chi connectivity index (χ0) is 14.7. The standard InChI is InChI=1S/C17H23N3O/c1-13(2)18-11-15-12-21-10-9-20(15)17-8-7-14-5-3-4-6-16(14)19-17/h3-8,13,15,18H,9-12H2,1-2H3. The van der Waals surface area contributed by atoms with Gasteiger partial charge in [-0.25, -0.2) is 4.98 Å². The van der Waals surface area contributed by atoms with Crippen LogP contribution < -0.4 is 10.2 Å². The van der Waals surface area contributed by atoms with Crippen molar-refractivity contribution in [2.75, 3.05) is 31.2 Å². The summed E-state index contributed by atoms with van der Waals surface area (Å²) in [6, 6.07) is 13.4. The Morgan fingerprint density at radius 3 is 3.00 bits per heavy atom. The van der Waals surface area contributed by atoms with Crippen molar-refractivity contribution in [3.63, 3.8) is 0 Å². The molecule has 0 saturated carbocycles. The van der Waals surface area contributed by atoms with Crippen LogP contribution in [0.3, 0.4) is 0 Å². The molecule has 1 atom stereocenters. The van der Waals surface area contributed by atoms with E-state index in [2.05, 4.69) is 48.3 Å². The van der Waals surface area contributed by atoms with Gasteiger partial charge in [0.05, 0.1) is 24.8 Å². The van der Waals surface area contributed by atoms with E-state index in [4.69, 9.17) is 9.72 Å². The highest BCUT2D eigenvalue weighted by molar-refractivity contribution is 5.80. The van der Waals surface area contributed by atoms with Gasteiger partial charge in [-0.05, 0) is 18.2 Å². The predicted molar refractivity (Wildman–Crippen MR) is 86.8 cm³/mol. The number of pyridine rings is 1. The molecule has 1 saturated heterocycles. The predicted octanol–water partition coefficient (Wildman–Crippen LogP) is 2.44. The molecule has 4 heteroatoms. The summed E-state index contributed by atoms with van der Waals surface area (Å²) in [5, 5.41) is 4.69. The molecule has 1 aliphatic heterocycles. The Morgan fingerprint density at radius 1 is 1.29 bits per heavy atom. The van der Waals surface area contributed by atoms with E-state index in [-0.39, 0.29) is 0 Å². The van der Waals surface area contributed by atoms with E-state index in [1.807, 2.05) is 12.1 Å². The largest absolute Gasteiger partial charge is 0.377 e. The monoisotopic (exact) mass is 285 g/mol. The van der Waals surface area contributed by atoms with Crippen LogP contribution in [0, 0.1) is 0 Å². The molecule has 0 radical (unpaired) electrons. The Balaban J connectivity index is 1.83. The first kappa shape index (κ1) is 14.3. The second kappa shape index (κ2) is 6.41. The fraction of sp³-hybridized carbons (Fsp3) is 0.471. The molecule has 2 heterocycles. The van der Waals surface area contributed by atoms with Crippen molar-refractivity contribution in [3.8, 4) is 0 Å². The SMILES string of the molecule is CC(C)NCC1COCCN1c1ccc2ccccc2n1. The molecule has 1 aliphatic rings. The minimum absolute atomic E-state index is 0.342. The molecule has 1 aromatic carbocycles. The van der Waals surface area contributed by atoms with Gasteiger partial charge in [0.1, 0.15) is 5.82 Å². The van der Waals surface area contributed by atoms with Crippen molar-refractivity contribution < 1.29 is 4.74 Å². The third-order valence-electron chi connectivity index (χ3n) is 3.87. The summed E-state index contributed by atoms with van der Waals surface area (Å²) in [7, 11) is 0. The molecule has 21 heavy (non-hydrogen) atoms. The van der Waals surface area contributed by atoms with E-state index in [0.717, 1.165) is 37.6 Å². The van der Waals surface area contributed by atoms with Crippen molar-refractivity contribution in [3.05, 3.63) is 36.4 Å². The molecule has 0 amide bonds. The fourth-order valence-electron chi connectivity index (χ4n) is 2.71. The van der Waals surface area contributed by atoms with Gasteiger partial charge in [0, 0.05) is 24.5 Å². The van der Waals surface area contributed by atoms with Crippen LogP contribution in [0.15, 0.2) is 36.4 Å². The second-order valence-electron chi connectivity index (χ2n) is 5.85. The number of fused-ring (bicyclic) bond motifs is 1. The highest BCUT2D eigenvalue weighted by Crippen LogP contribution is 2.21. The lowest BCUT2D eigenvalue weighted by Crippen LogP contribution is -2.51. The summed E-state index contributed by atoms with van der Waals surface area (Å²) in [5.41, 5.74) is 1.05. The van der Waals surface area contributed by atoms with Crippen LogP contribution >= 0.6 is 0 Å². The number of anilines is 1. The topological polar surface area (TPSA) is 37.4 Å². The number of morpholine rings is 1. The number of hydrogen-bond donors (Lipinski definition) is 1. The van der Waals surface area contributed by atoms with Gasteiger partial charge < -0.3 is 15.0 Å². The lowest BCUT2D eigenvalue weighted by molar-refractivity contribution is 0.0928. The van der Waals surface area contributed by atoms with E-state index in [9.17, 15) is 0 Å². The van der Waals surface area contributed by atoms with Gasteiger partial charge in [0.15, 0.2) is 0 Å². The molecule has 3 rings (SSSR count). The van der Waals surface area contributed by atoms with Crippen LogP contribution in [0.1, 0.15) is 13.8 Å². The number of nitrogens with one attached hydrogen (secondary N) is 1. The van der Waals surface area contributed by atoms with Crippen LogP contribution in [0.2, 0.25) is 0 Å². The van der Waals surface area contributed by atoms with Gasteiger partial charge in [-0.1, -0.05) is 32.0 Å². The molecule has 1 unspecified atom stereocenters. The van der Waals surface area contributed by atoms with Crippen molar-refractivity contribution in [2.45, 2.75) is 25.9 Å². The molecule has 2 aromatic rings. The maximum Gasteiger partial charge on any atom is 0.129 e. The molecular weight excluding hydrogens is 262 g/mol. The van der Waals surface area contributed by atoms with Gasteiger partial charge in [-0.15, -0.1) is 0 Å². The first-order valence-corrected chi connectivity index (χ1v) is 7.67. The minimum atomic E-state index is 0.342. The Kier molecular flexibility index (Phi) is 4.36. The highest BCUT2D eigenvalue weighted by Gasteiger charge is 2.24. The summed E-state index contributed by atoms with van der Waals surface area (Å²) in [4.78, 5) is 7.19. The van der Waals surface area contributed by atoms with Gasteiger partial charge in [0.2, 0.25) is 0 Å². The summed E-state index contributed by atoms with van der Waals surface area (Å²) in [6.07, 6.45) is 0. The Morgan fingerprint density at radius 2 is 2.14 bits per heavy atom. The number of hydrogen-bond acceptors (Lipinski definition) is 4. The Labute approximate surface area is 126 Å². The van der Waals surface area contributed by atoms with Crippen molar-refractivity contribution in [1.82, 2.24) is 10.3 Å². The van der Waals surface area contributed by atoms with Crippen molar-refractivity contribution in [1.29, 1.82) is 0 Å². The van der Waals surface area contributed by atoms with E-state index < -0.39 is 0 Å². The molecule has 4 nitrogen and oxygen atoms in total. The minimum Gasteiger partial charge on any atom is -0.377 e. The zero-order valence-corrected chi connectivity index (χ0v) is 12.7. The summed E-state index contributed by atoms with van der Waals surface area (Å²) in [6.45, 7) is 7.69. The zero-order valence-electron chi connectivity index (χ0n) is 12.7. The van der Waals surface area contributed by atoms with Gasteiger partial charge in [-0.2, -0.15) is 0 Å². The van der Waals surface area contributed by atoms with Gasteiger partial charge in [-0.3, -0.25) is 0 Å². The number of benzene rings is 1. The molecule has 1 fully saturated rings. The molecule has 112 valence electrons. The van der Waals surface area contributed by atoms with Crippen LogP contribution in [-0.4, -0.2) is 43.4 Å². The van der Waals surface area contributed by atoms with Crippen LogP contribution in [0.4, 0.5) is 5.82 Å². The molecule has 0 aliphatic carbocycles.